The Morgan fingerprint density at radius 3 is 2.51 bits per heavy atom. The van der Waals surface area contributed by atoms with Crippen LogP contribution in [-0.2, 0) is 29.5 Å². The van der Waals surface area contributed by atoms with Crippen LogP contribution in [0, 0.1) is 5.92 Å². The van der Waals surface area contributed by atoms with E-state index in [1.807, 2.05) is 0 Å². The number of aromatic nitrogens is 2. The summed E-state index contributed by atoms with van der Waals surface area (Å²) < 4.78 is 106. The number of carbonyl (C=O) groups excluding carboxylic acids is 1. The Hall–Kier alpha value is -3.08. The molecule has 3 N–H and O–H groups in total. The highest BCUT2D eigenvalue weighted by Crippen LogP contribution is 2.55. The molecule has 0 radical (unpaired) electrons. The van der Waals surface area contributed by atoms with Crippen molar-refractivity contribution in [3.8, 4) is 5.75 Å². The van der Waals surface area contributed by atoms with Crippen molar-refractivity contribution in [1.29, 1.82) is 0 Å². The molecule has 0 aliphatic carbocycles. The number of esters is 1. The summed E-state index contributed by atoms with van der Waals surface area (Å²) >= 11 is 5.88. The van der Waals surface area contributed by atoms with E-state index in [-0.39, 0.29) is 17.4 Å². The molecule has 1 fully saturated rings. The van der Waals surface area contributed by atoms with Crippen LogP contribution in [0.5, 0.6) is 5.75 Å². The van der Waals surface area contributed by atoms with Crippen LogP contribution in [-0.4, -0.2) is 76.2 Å². The zero-order chi connectivity index (χ0) is 33.9. The topological polar surface area (TPSA) is 155 Å². The molecule has 1 aromatic heterocycles. The van der Waals surface area contributed by atoms with E-state index < -0.39 is 86.2 Å². The summed E-state index contributed by atoms with van der Waals surface area (Å²) in [6, 6.07) is 1.55. The largest absolute Gasteiger partial charge is 0.462 e. The van der Waals surface area contributed by atoms with Crippen molar-refractivity contribution in [2.75, 3.05) is 32.7 Å². The third-order valence-electron chi connectivity index (χ3n) is 6.78. The Bertz CT molecular complexity index is 1480. The third-order valence-corrected chi connectivity index (χ3v) is 8.99. The van der Waals surface area contributed by atoms with Gasteiger partial charge in [-0.05, 0) is 37.2 Å². The first-order chi connectivity index (χ1) is 20.9. The molecule has 0 spiro atoms. The van der Waals surface area contributed by atoms with Crippen molar-refractivity contribution in [1.82, 2.24) is 14.2 Å². The second kappa shape index (κ2) is 14.1. The lowest BCUT2D eigenvalue weighted by Gasteiger charge is -2.36. The molecule has 12 nitrogen and oxygen atoms in total. The van der Waals surface area contributed by atoms with E-state index in [1.54, 1.807) is 13.8 Å². The molecule has 1 aliphatic heterocycles. The molecule has 0 amide bonds. The van der Waals surface area contributed by atoms with Crippen molar-refractivity contribution in [3.63, 3.8) is 0 Å². The van der Waals surface area contributed by atoms with Gasteiger partial charge in [-0.3, -0.25) is 13.9 Å². The maximum Gasteiger partial charge on any atom is 0.462 e. The van der Waals surface area contributed by atoms with E-state index in [9.17, 15) is 36.8 Å². The Morgan fingerprint density at radius 2 is 1.98 bits per heavy atom. The number of ether oxygens (including phenoxy) is 2. The second-order valence-electron chi connectivity index (χ2n) is 10.3. The van der Waals surface area contributed by atoms with Crippen LogP contribution in [0.1, 0.15) is 25.6 Å². The van der Waals surface area contributed by atoms with Gasteiger partial charge in [-0.15, -0.1) is 0 Å². The van der Waals surface area contributed by atoms with Gasteiger partial charge in [-0.1, -0.05) is 38.1 Å². The number of nitrogens with zero attached hydrogens (tertiary/aromatic N) is 3. The molecule has 0 saturated carbocycles. The molecule has 1 unspecified atom stereocenters. The fourth-order valence-corrected chi connectivity index (χ4v) is 6.33. The molecule has 1 saturated heterocycles. The predicted octanol–water partition coefficient (Wildman–Crippen LogP) is 4.32. The average molecular weight is 689 g/mol. The van der Waals surface area contributed by atoms with E-state index in [1.165, 1.54) is 6.08 Å². The zero-order valence-electron chi connectivity index (χ0n) is 24.1. The summed E-state index contributed by atoms with van der Waals surface area (Å²) in [4.78, 5) is 28.7. The first kappa shape index (κ1) is 36.4. The monoisotopic (exact) mass is 688 g/mol. The van der Waals surface area contributed by atoms with Crippen LogP contribution in [0.15, 0.2) is 47.9 Å². The fraction of sp³-hybridized carbons (Fsp3) is 0.500. The van der Waals surface area contributed by atoms with Gasteiger partial charge in [0.15, 0.2) is 18.0 Å². The standard InChI is InChI=1S/C26H31ClF5N4O8P/c1-5-10-41-23(38)19(14(2)3)35(4)45(40,44-16-8-6-15(7-9-16)26(30,31)32)42-13-25(12-28)20(37)18(29)22(43-25)36-11-17(27)21(33)34-24(36)39/h5-9,11,14,18-20,22,37H,1,10,12-13H2,2-4H3,(H2,33,34,39)/t18-,19-,20-,22+,25+,45?/m0/s1. The summed E-state index contributed by atoms with van der Waals surface area (Å²) in [5, 5.41) is 10.4. The lowest BCUT2D eigenvalue weighted by molar-refractivity contribution is -0.149. The normalized spacial score (nSPS) is 24.0. The highest BCUT2D eigenvalue weighted by molar-refractivity contribution is 7.51. The highest BCUT2D eigenvalue weighted by atomic mass is 35.5. The minimum atomic E-state index is -4.93. The number of benzene rings is 1. The fourth-order valence-electron chi connectivity index (χ4n) is 4.39. The molecule has 1 aromatic carbocycles. The molecule has 2 aromatic rings. The first-order valence-electron chi connectivity index (χ1n) is 13.1. The Labute approximate surface area is 259 Å². The number of anilines is 1. The molecular weight excluding hydrogens is 658 g/mol. The predicted molar refractivity (Wildman–Crippen MR) is 151 cm³/mol. The van der Waals surface area contributed by atoms with E-state index in [0.29, 0.717) is 16.7 Å². The zero-order valence-corrected chi connectivity index (χ0v) is 25.8. The van der Waals surface area contributed by atoms with Crippen LogP contribution in [0.3, 0.4) is 0 Å². The van der Waals surface area contributed by atoms with Crippen molar-refractivity contribution >= 4 is 31.1 Å². The minimum Gasteiger partial charge on any atom is -0.460 e. The van der Waals surface area contributed by atoms with Crippen molar-refractivity contribution in [3.05, 3.63) is 64.2 Å². The van der Waals surface area contributed by atoms with Crippen LogP contribution >= 0.6 is 19.3 Å². The van der Waals surface area contributed by atoms with Crippen molar-refractivity contribution < 1.29 is 54.9 Å². The van der Waals surface area contributed by atoms with Gasteiger partial charge in [0.2, 0.25) is 0 Å². The van der Waals surface area contributed by atoms with Gasteiger partial charge in [0.25, 0.3) is 0 Å². The van der Waals surface area contributed by atoms with Gasteiger partial charge in [0, 0.05) is 6.20 Å². The first-order valence-corrected chi connectivity index (χ1v) is 15.0. The number of rotatable bonds is 13. The number of halogens is 6. The maximum absolute atomic E-state index is 15.3. The van der Waals surface area contributed by atoms with Crippen LogP contribution in [0.2, 0.25) is 5.02 Å². The van der Waals surface area contributed by atoms with Gasteiger partial charge < -0.3 is 24.8 Å². The number of hydrogen-bond acceptors (Lipinski definition) is 10. The van der Waals surface area contributed by atoms with Crippen molar-refractivity contribution in [2.24, 2.45) is 5.92 Å². The minimum absolute atomic E-state index is 0.228. The molecule has 2 heterocycles. The van der Waals surface area contributed by atoms with E-state index in [2.05, 4.69) is 11.6 Å². The average Bonchev–Trinajstić information content (AvgIpc) is 3.22. The number of alkyl halides is 5. The highest BCUT2D eigenvalue weighted by Gasteiger charge is 2.58. The number of hydrogen-bond donors (Lipinski definition) is 2. The van der Waals surface area contributed by atoms with Crippen LogP contribution < -0.4 is 15.9 Å². The van der Waals surface area contributed by atoms with Gasteiger partial charge in [-0.2, -0.15) is 22.8 Å². The summed E-state index contributed by atoms with van der Waals surface area (Å²) in [5.74, 6) is -2.36. The van der Waals surface area contributed by atoms with E-state index in [4.69, 9.17) is 35.9 Å². The Kier molecular flexibility index (Phi) is 11.4. The third kappa shape index (κ3) is 7.84. The molecule has 19 heteroatoms. The number of carbonyl (C=O) groups is 1. The summed E-state index contributed by atoms with van der Waals surface area (Å²) in [6.07, 6.45) is -9.38. The molecule has 6 atom stereocenters. The lowest BCUT2D eigenvalue weighted by Crippen LogP contribution is -2.49. The van der Waals surface area contributed by atoms with Crippen LogP contribution in [0.25, 0.3) is 0 Å². The second-order valence-corrected chi connectivity index (χ2v) is 12.7. The Morgan fingerprint density at radius 1 is 1.36 bits per heavy atom. The van der Waals surface area contributed by atoms with Gasteiger partial charge in [-0.25, -0.2) is 18.1 Å². The van der Waals surface area contributed by atoms with E-state index in [0.717, 1.165) is 30.0 Å². The Balaban J connectivity index is 2.01. The summed E-state index contributed by atoms with van der Waals surface area (Å²) in [7, 11) is -3.82. The molecular formula is C26H31ClF5N4O8P. The van der Waals surface area contributed by atoms with Crippen molar-refractivity contribution in [2.45, 2.75) is 50.2 Å². The number of likely N-dealkylation sites (N-methyl/N-ethyl adjacent to an activating group) is 1. The molecule has 3 rings (SSSR count). The smallest absolute Gasteiger partial charge is 0.460 e. The van der Waals surface area contributed by atoms with Gasteiger partial charge in [0.05, 0.1) is 17.2 Å². The molecule has 1 aliphatic rings. The SMILES string of the molecule is C=CCOC(=O)[C@H](C(C)C)N(C)P(=O)(OC[C@@]1(CF)O[C@@H](n2cc(Cl)c(N)nc2=O)[C@@H](F)[C@@H]1O)Oc1ccc(C(F)(F)F)cc1. The number of aliphatic hydroxyl groups excluding tert-OH is 1. The lowest BCUT2D eigenvalue weighted by atomic mass is 9.98. The number of aliphatic hydroxyl groups is 1. The number of nitrogen functional groups attached to an aromatic ring is 1. The summed E-state index contributed by atoms with van der Waals surface area (Å²) in [6.45, 7) is 3.44. The molecule has 45 heavy (non-hydrogen) atoms. The maximum atomic E-state index is 15.3. The number of nitrogens with two attached hydrogens (primary N) is 1. The quantitative estimate of drug-likeness (QED) is 0.134. The molecule has 250 valence electrons. The molecule has 0 bridgehead atoms. The van der Waals surface area contributed by atoms with Crippen LogP contribution in [0.4, 0.5) is 27.8 Å². The van der Waals surface area contributed by atoms with Gasteiger partial charge >= 0.3 is 25.6 Å². The van der Waals surface area contributed by atoms with E-state index >= 15 is 4.39 Å². The van der Waals surface area contributed by atoms with Gasteiger partial charge in [0.1, 0.15) is 37.0 Å². The summed E-state index contributed by atoms with van der Waals surface area (Å²) in [5.41, 5.74) is 0.651.